The van der Waals surface area contributed by atoms with Gasteiger partial charge in [-0.15, -0.1) is 0 Å². The predicted molar refractivity (Wildman–Crippen MR) is 73.0 cm³/mol. The molecule has 1 aromatic carbocycles. The lowest BCUT2D eigenvalue weighted by atomic mass is 9.92. The maximum atomic E-state index is 13.3. The summed E-state index contributed by atoms with van der Waals surface area (Å²) < 4.78 is 56.4. The second-order valence-electron chi connectivity index (χ2n) is 5.50. The quantitative estimate of drug-likeness (QED) is 0.455. The minimum Gasteiger partial charge on any atom is -0.465 e. The van der Waals surface area contributed by atoms with Crippen molar-refractivity contribution in [2.45, 2.75) is 32.4 Å². The Labute approximate surface area is 130 Å². The molecule has 1 fully saturated rings. The number of carbonyl (C=O) groups is 2. The third-order valence-corrected chi connectivity index (χ3v) is 3.67. The number of ether oxygens (including phenoxy) is 1. The molecule has 0 N–H and O–H groups in total. The van der Waals surface area contributed by atoms with Crippen LogP contribution in [0.25, 0.3) is 0 Å². The Morgan fingerprint density at radius 1 is 1.30 bits per heavy atom. The maximum absolute atomic E-state index is 13.3. The number of alkyl halides is 3. The van der Waals surface area contributed by atoms with Crippen LogP contribution in [0.1, 0.15) is 30.9 Å². The summed E-state index contributed by atoms with van der Waals surface area (Å²) in [5.74, 6) is -3.83. The van der Waals surface area contributed by atoms with Gasteiger partial charge >= 0.3 is 12.1 Å². The minimum absolute atomic E-state index is 0.0739. The summed E-state index contributed by atoms with van der Waals surface area (Å²) in [6.45, 7) is 1.65. The lowest BCUT2D eigenvalue weighted by Crippen LogP contribution is -2.29. The molecule has 7 heteroatoms. The van der Waals surface area contributed by atoms with Gasteiger partial charge in [0.1, 0.15) is 11.7 Å². The zero-order chi connectivity index (χ0) is 17.2. The number of Topliss-reactive ketones (excluding diaryl/α,β-unsaturated/α-hetero) is 1. The van der Waals surface area contributed by atoms with Crippen molar-refractivity contribution in [2.24, 2.45) is 11.8 Å². The number of halogens is 4. The Morgan fingerprint density at radius 3 is 2.48 bits per heavy atom. The fourth-order valence-corrected chi connectivity index (χ4v) is 2.35. The highest BCUT2D eigenvalue weighted by molar-refractivity contribution is 6.01. The lowest BCUT2D eigenvalue weighted by Gasteiger charge is -2.16. The van der Waals surface area contributed by atoms with Crippen molar-refractivity contribution in [3.63, 3.8) is 0 Å². The van der Waals surface area contributed by atoms with Crippen LogP contribution in [-0.4, -0.2) is 18.4 Å². The van der Waals surface area contributed by atoms with Crippen molar-refractivity contribution < 1.29 is 31.9 Å². The molecular formula is C16H16F4O3. The number of hydrogen-bond donors (Lipinski definition) is 0. The van der Waals surface area contributed by atoms with E-state index >= 15 is 0 Å². The first kappa shape index (κ1) is 17.4. The van der Waals surface area contributed by atoms with Crippen LogP contribution < -0.4 is 0 Å². The Balaban J connectivity index is 2.25. The Bertz CT molecular complexity index is 606. The molecule has 1 atom stereocenters. The van der Waals surface area contributed by atoms with E-state index in [1.807, 2.05) is 0 Å². The second kappa shape index (κ2) is 6.68. The van der Waals surface area contributed by atoms with E-state index in [0.717, 1.165) is 6.07 Å². The van der Waals surface area contributed by atoms with Crippen LogP contribution in [0.4, 0.5) is 17.6 Å². The van der Waals surface area contributed by atoms with Crippen molar-refractivity contribution in [1.29, 1.82) is 0 Å². The third kappa shape index (κ3) is 4.30. The summed E-state index contributed by atoms with van der Waals surface area (Å²) >= 11 is 0. The van der Waals surface area contributed by atoms with Gasteiger partial charge in [-0.3, -0.25) is 9.59 Å². The number of ketones is 1. The molecule has 2 rings (SSSR count). The van der Waals surface area contributed by atoms with Crippen LogP contribution in [0.5, 0.6) is 0 Å². The van der Waals surface area contributed by atoms with Crippen molar-refractivity contribution in [1.82, 2.24) is 0 Å². The average molecular weight is 332 g/mol. The molecule has 1 aliphatic carbocycles. The number of esters is 1. The number of benzene rings is 1. The highest BCUT2D eigenvalue weighted by atomic mass is 19.4. The highest BCUT2D eigenvalue weighted by Crippen LogP contribution is 2.35. The molecule has 1 unspecified atom stereocenters. The molecule has 0 amide bonds. The molecular weight excluding hydrogens is 316 g/mol. The summed E-state index contributed by atoms with van der Waals surface area (Å²) in [4.78, 5) is 24.1. The first-order chi connectivity index (χ1) is 10.7. The van der Waals surface area contributed by atoms with Gasteiger partial charge in [0.2, 0.25) is 0 Å². The van der Waals surface area contributed by atoms with E-state index in [0.29, 0.717) is 25.0 Å². The van der Waals surface area contributed by atoms with Crippen molar-refractivity contribution in [3.05, 3.63) is 35.1 Å². The standard InChI is InChI=1S/C16H16F4O3/c1-2-23-15(22)11(14(21)10-4-5-10)7-9-3-6-13(17)12(8-9)16(18,19)20/h3,6,8,10-11H,2,4-5,7H2,1H3. The van der Waals surface area contributed by atoms with Gasteiger partial charge in [0.15, 0.2) is 5.78 Å². The van der Waals surface area contributed by atoms with Gasteiger partial charge in [-0.05, 0) is 43.9 Å². The summed E-state index contributed by atoms with van der Waals surface area (Å²) in [5, 5.41) is 0. The number of carbonyl (C=O) groups excluding carboxylic acids is 2. The second-order valence-corrected chi connectivity index (χ2v) is 5.50. The van der Waals surface area contributed by atoms with E-state index in [9.17, 15) is 27.2 Å². The van der Waals surface area contributed by atoms with E-state index in [1.54, 1.807) is 6.92 Å². The smallest absolute Gasteiger partial charge is 0.419 e. The molecule has 126 valence electrons. The number of hydrogen-bond acceptors (Lipinski definition) is 3. The Morgan fingerprint density at radius 2 is 1.96 bits per heavy atom. The SMILES string of the molecule is CCOC(=O)C(Cc1ccc(F)c(C(F)(F)F)c1)C(=O)C1CC1. The first-order valence-electron chi connectivity index (χ1n) is 7.30. The van der Waals surface area contributed by atoms with E-state index in [1.165, 1.54) is 0 Å². The van der Waals surface area contributed by atoms with E-state index in [4.69, 9.17) is 4.74 Å². The lowest BCUT2D eigenvalue weighted by molar-refractivity contribution is -0.151. The Kier molecular flexibility index (Phi) is 5.06. The molecule has 1 aliphatic rings. The molecule has 0 saturated heterocycles. The monoisotopic (exact) mass is 332 g/mol. The topological polar surface area (TPSA) is 43.4 Å². The fourth-order valence-electron chi connectivity index (χ4n) is 2.35. The normalized spacial score (nSPS) is 16.0. The van der Waals surface area contributed by atoms with Crippen molar-refractivity contribution in [3.8, 4) is 0 Å². The maximum Gasteiger partial charge on any atom is 0.419 e. The molecule has 0 spiro atoms. The molecule has 0 aromatic heterocycles. The van der Waals surface area contributed by atoms with Crippen LogP contribution in [0, 0.1) is 17.7 Å². The van der Waals surface area contributed by atoms with E-state index < -0.39 is 29.4 Å². The van der Waals surface area contributed by atoms with Crippen LogP contribution in [-0.2, 0) is 26.9 Å². The van der Waals surface area contributed by atoms with Gasteiger partial charge in [0.05, 0.1) is 12.2 Å². The van der Waals surface area contributed by atoms with Crippen LogP contribution >= 0.6 is 0 Å². The zero-order valence-corrected chi connectivity index (χ0v) is 12.5. The van der Waals surface area contributed by atoms with Gasteiger partial charge in [0.25, 0.3) is 0 Å². The van der Waals surface area contributed by atoms with Crippen LogP contribution in [0.3, 0.4) is 0 Å². The van der Waals surface area contributed by atoms with Crippen molar-refractivity contribution >= 4 is 11.8 Å². The van der Waals surface area contributed by atoms with Gasteiger partial charge in [0, 0.05) is 5.92 Å². The molecule has 1 saturated carbocycles. The molecule has 1 aromatic rings. The third-order valence-electron chi connectivity index (χ3n) is 3.67. The minimum atomic E-state index is -4.83. The number of rotatable bonds is 6. The Hall–Kier alpha value is -1.92. The largest absolute Gasteiger partial charge is 0.465 e. The van der Waals surface area contributed by atoms with Crippen molar-refractivity contribution in [2.75, 3.05) is 6.61 Å². The summed E-state index contributed by atoms with van der Waals surface area (Å²) in [6, 6.07) is 2.49. The summed E-state index contributed by atoms with van der Waals surface area (Å²) in [6.07, 6.45) is -3.71. The highest BCUT2D eigenvalue weighted by Gasteiger charge is 2.40. The molecule has 0 radical (unpaired) electrons. The van der Waals surface area contributed by atoms with E-state index in [2.05, 4.69) is 0 Å². The molecule has 23 heavy (non-hydrogen) atoms. The zero-order valence-electron chi connectivity index (χ0n) is 12.5. The molecule has 3 nitrogen and oxygen atoms in total. The summed E-state index contributed by atoms with van der Waals surface area (Å²) in [5.41, 5.74) is -1.33. The molecule has 0 aliphatic heterocycles. The van der Waals surface area contributed by atoms with Gasteiger partial charge in [-0.2, -0.15) is 13.2 Å². The fraction of sp³-hybridized carbons (Fsp3) is 0.500. The van der Waals surface area contributed by atoms with Crippen LogP contribution in [0.15, 0.2) is 18.2 Å². The van der Waals surface area contributed by atoms with Gasteiger partial charge in [-0.25, -0.2) is 4.39 Å². The first-order valence-corrected chi connectivity index (χ1v) is 7.30. The summed E-state index contributed by atoms with van der Waals surface area (Å²) in [7, 11) is 0. The van der Waals surface area contributed by atoms with Gasteiger partial charge < -0.3 is 4.74 Å². The average Bonchev–Trinajstić information content (AvgIpc) is 3.29. The molecule has 0 heterocycles. The molecule has 0 bridgehead atoms. The predicted octanol–water partition coefficient (Wildman–Crippen LogP) is 3.55. The van der Waals surface area contributed by atoms with Crippen LogP contribution in [0.2, 0.25) is 0 Å². The van der Waals surface area contributed by atoms with Gasteiger partial charge in [-0.1, -0.05) is 6.07 Å². The van der Waals surface area contributed by atoms with E-state index in [-0.39, 0.29) is 30.3 Å².